The van der Waals surface area contributed by atoms with Gasteiger partial charge in [-0.3, -0.25) is 9.69 Å². The summed E-state index contributed by atoms with van der Waals surface area (Å²) in [5.74, 6) is -0.563. The van der Waals surface area contributed by atoms with Crippen molar-refractivity contribution in [3.63, 3.8) is 0 Å². The van der Waals surface area contributed by atoms with Crippen LogP contribution in [0.25, 0.3) is 10.9 Å². The highest BCUT2D eigenvalue weighted by atomic mass is 16.5. The largest absolute Gasteiger partial charge is 0.481 e. The van der Waals surface area contributed by atoms with E-state index in [-0.39, 0.29) is 5.92 Å². The molecule has 2 saturated heterocycles. The topological polar surface area (TPSA) is 65.6 Å². The number of aromatic nitrogens is 1. The van der Waals surface area contributed by atoms with Crippen LogP contribution in [0.1, 0.15) is 12.0 Å². The van der Waals surface area contributed by atoms with Crippen LogP contribution in [0.2, 0.25) is 0 Å². The van der Waals surface area contributed by atoms with Crippen molar-refractivity contribution in [2.24, 2.45) is 11.3 Å². The summed E-state index contributed by atoms with van der Waals surface area (Å²) in [6.07, 6.45) is 2.57. The summed E-state index contributed by atoms with van der Waals surface area (Å²) in [4.78, 5) is 17.3. The van der Waals surface area contributed by atoms with Gasteiger partial charge in [0.05, 0.1) is 12.0 Å². The first kappa shape index (κ1) is 13.8. The van der Waals surface area contributed by atoms with Crippen LogP contribution in [0.3, 0.4) is 0 Å². The monoisotopic (exact) mass is 300 g/mol. The Morgan fingerprint density at radius 2 is 2.36 bits per heavy atom. The zero-order valence-electron chi connectivity index (χ0n) is 12.4. The summed E-state index contributed by atoms with van der Waals surface area (Å²) < 4.78 is 5.52. The Balaban J connectivity index is 1.60. The molecule has 0 saturated carbocycles. The van der Waals surface area contributed by atoms with Crippen molar-refractivity contribution in [3.8, 4) is 0 Å². The minimum atomic E-state index is -0.664. The zero-order valence-corrected chi connectivity index (χ0v) is 12.4. The Kier molecular flexibility index (Phi) is 3.20. The lowest BCUT2D eigenvalue weighted by Crippen LogP contribution is -2.44. The molecule has 3 heterocycles. The number of fused-ring (bicyclic) bond motifs is 2. The van der Waals surface area contributed by atoms with Gasteiger partial charge < -0.3 is 14.8 Å². The molecule has 2 aliphatic rings. The van der Waals surface area contributed by atoms with Gasteiger partial charge in [0.15, 0.2) is 0 Å². The molecule has 2 N–H and O–H groups in total. The van der Waals surface area contributed by atoms with Crippen LogP contribution < -0.4 is 0 Å². The van der Waals surface area contributed by atoms with Crippen LogP contribution in [-0.4, -0.2) is 47.3 Å². The number of nitrogens with zero attached hydrogens (tertiary/aromatic N) is 1. The van der Waals surface area contributed by atoms with E-state index < -0.39 is 11.4 Å². The average Bonchev–Trinajstić information content (AvgIpc) is 3.11. The third-order valence-electron chi connectivity index (χ3n) is 5.28. The maximum atomic E-state index is 11.8. The fourth-order valence-electron chi connectivity index (χ4n) is 4.05. The van der Waals surface area contributed by atoms with Crippen LogP contribution in [-0.2, 0) is 16.1 Å². The van der Waals surface area contributed by atoms with Crippen molar-refractivity contribution in [1.82, 2.24) is 9.88 Å². The first-order valence-corrected chi connectivity index (χ1v) is 7.77. The number of carboxylic acid groups (broad SMARTS) is 1. The summed E-state index contributed by atoms with van der Waals surface area (Å²) >= 11 is 0. The van der Waals surface area contributed by atoms with Crippen molar-refractivity contribution >= 4 is 16.9 Å². The molecule has 0 aliphatic carbocycles. The van der Waals surface area contributed by atoms with Crippen LogP contribution in [0.4, 0.5) is 0 Å². The second kappa shape index (κ2) is 5.11. The number of rotatable bonds is 3. The molecule has 0 amide bonds. The molecule has 5 nitrogen and oxygen atoms in total. The van der Waals surface area contributed by atoms with Gasteiger partial charge in [0.1, 0.15) is 0 Å². The zero-order chi connectivity index (χ0) is 15.2. The van der Waals surface area contributed by atoms with Crippen molar-refractivity contribution in [2.45, 2.75) is 13.0 Å². The number of H-pyrrole nitrogens is 1. The Morgan fingerprint density at radius 1 is 1.45 bits per heavy atom. The minimum Gasteiger partial charge on any atom is -0.481 e. The molecule has 2 aliphatic heterocycles. The first-order valence-electron chi connectivity index (χ1n) is 7.77. The van der Waals surface area contributed by atoms with Crippen molar-refractivity contribution in [1.29, 1.82) is 0 Å². The SMILES string of the molecule is O=C(O)[C@]12CCOC[C@H]1CN(Cc1cccc3[nH]ccc13)C2. The molecule has 0 unspecified atom stereocenters. The van der Waals surface area contributed by atoms with Gasteiger partial charge in [-0.1, -0.05) is 12.1 Å². The quantitative estimate of drug-likeness (QED) is 0.911. The second-order valence-corrected chi connectivity index (χ2v) is 6.51. The van der Waals surface area contributed by atoms with Gasteiger partial charge in [0.25, 0.3) is 0 Å². The van der Waals surface area contributed by atoms with E-state index in [9.17, 15) is 9.90 Å². The first-order chi connectivity index (χ1) is 10.7. The number of ether oxygens (including phenoxy) is 1. The molecule has 2 fully saturated rings. The maximum absolute atomic E-state index is 11.8. The number of nitrogens with one attached hydrogen (secondary N) is 1. The number of benzene rings is 1. The average molecular weight is 300 g/mol. The number of likely N-dealkylation sites (tertiary alicyclic amines) is 1. The molecular weight excluding hydrogens is 280 g/mol. The van der Waals surface area contributed by atoms with Gasteiger partial charge in [-0.15, -0.1) is 0 Å². The Morgan fingerprint density at radius 3 is 3.18 bits per heavy atom. The standard InChI is InChI=1S/C17H20N2O3/c20-16(21)17-5-7-22-10-13(17)9-19(11-17)8-12-2-1-3-15-14(12)4-6-18-15/h1-4,6,13,18H,5,7-11H2,(H,20,21)/t13-,17+/m1/s1. The summed E-state index contributed by atoms with van der Waals surface area (Å²) in [5, 5.41) is 11.0. The number of hydrogen-bond acceptors (Lipinski definition) is 3. The lowest BCUT2D eigenvalue weighted by atomic mass is 9.74. The number of aliphatic carboxylic acids is 1. The van der Waals surface area contributed by atoms with E-state index in [1.54, 1.807) is 0 Å². The second-order valence-electron chi connectivity index (χ2n) is 6.51. The lowest BCUT2D eigenvalue weighted by molar-refractivity contribution is -0.157. The molecule has 2 atom stereocenters. The van der Waals surface area contributed by atoms with Crippen LogP contribution >= 0.6 is 0 Å². The van der Waals surface area contributed by atoms with Crippen LogP contribution in [0.15, 0.2) is 30.5 Å². The number of hydrogen-bond donors (Lipinski definition) is 2. The van der Waals surface area contributed by atoms with E-state index >= 15 is 0 Å². The predicted octanol–water partition coefficient (Wildman–Crippen LogP) is 2.09. The fourth-order valence-corrected chi connectivity index (χ4v) is 4.05. The molecule has 2 aromatic rings. The molecule has 0 radical (unpaired) electrons. The number of carboxylic acids is 1. The van der Waals surface area contributed by atoms with Gasteiger partial charge in [-0.05, 0) is 24.1 Å². The summed E-state index contributed by atoms with van der Waals surface area (Å²) in [6.45, 7) is 3.34. The van der Waals surface area contributed by atoms with Gasteiger partial charge in [0, 0.05) is 49.3 Å². The highest BCUT2D eigenvalue weighted by Gasteiger charge is 2.53. The van der Waals surface area contributed by atoms with E-state index in [0.29, 0.717) is 26.2 Å². The van der Waals surface area contributed by atoms with Crippen molar-refractivity contribution < 1.29 is 14.6 Å². The molecular formula is C17H20N2O3. The fraction of sp³-hybridized carbons (Fsp3) is 0.471. The van der Waals surface area contributed by atoms with Crippen molar-refractivity contribution in [3.05, 3.63) is 36.0 Å². The molecule has 0 spiro atoms. The highest BCUT2D eigenvalue weighted by Crippen LogP contribution is 2.43. The summed E-state index contributed by atoms with van der Waals surface area (Å²) in [6, 6.07) is 8.33. The highest BCUT2D eigenvalue weighted by molar-refractivity contribution is 5.82. The Hall–Kier alpha value is -1.85. The number of carbonyl (C=O) groups is 1. The molecule has 22 heavy (non-hydrogen) atoms. The molecule has 5 heteroatoms. The van der Waals surface area contributed by atoms with E-state index in [0.717, 1.165) is 18.6 Å². The van der Waals surface area contributed by atoms with Gasteiger partial charge in [-0.2, -0.15) is 0 Å². The Bertz CT molecular complexity index is 711. The number of aromatic amines is 1. The van der Waals surface area contributed by atoms with Gasteiger partial charge >= 0.3 is 5.97 Å². The summed E-state index contributed by atoms with van der Waals surface area (Å²) in [7, 11) is 0. The molecule has 0 bridgehead atoms. The van der Waals surface area contributed by atoms with Crippen LogP contribution in [0, 0.1) is 11.3 Å². The van der Waals surface area contributed by atoms with Gasteiger partial charge in [-0.25, -0.2) is 0 Å². The maximum Gasteiger partial charge on any atom is 0.311 e. The Labute approximate surface area is 128 Å². The minimum absolute atomic E-state index is 0.101. The molecule has 1 aromatic heterocycles. The van der Waals surface area contributed by atoms with E-state index in [4.69, 9.17) is 4.74 Å². The van der Waals surface area contributed by atoms with Crippen molar-refractivity contribution in [2.75, 3.05) is 26.3 Å². The van der Waals surface area contributed by atoms with E-state index in [1.807, 2.05) is 12.3 Å². The molecule has 1 aromatic carbocycles. The normalized spacial score (nSPS) is 28.8. The lowest BCUT2D eigenvalue weighted by Gasteiger charge is -2.34. The van der Waals surface area contributed by atoms with Crippen LogP contribution in [0.5, 0.6) is 0 Å². The molecule has 4 rings (SSSR count). The third-order valence-corrected chi connectivity index (χ3v) is 5.28. The predicted molar refractivity (Wildman–Crippen MR) is 82.6 cm³/mol. The van der Waals surface area contributed by atoms with E-state index in [1.165, 1.54) is 10.9 Å². The third kappa shape index (κ3) is 2.04. The molecule has 116 valence electrons. The smallest absolute Gasteiger partial charge is 0.311 e. The van der Waals surface area contributed by atoms with Gasteiger partial charge in [0.2, 0.25) is 0 Å². The van der Waals surface area contributed by atoms with E-state index in [2.05, 4.69) is 28.1 Å². The summed E-state index contributed by atoms with van der Waals surface area (Å²) in [5.41, 5.74) is 1.76.